The molecule has 1 N–H and O–H groups in total. The van der Waals surface area contributed by atoms with Crippen LogP contribution in [-0.4, -0.2) is 17.4 Å². The molecule has 0 spiro atoms. The highest BCUT2D eigenvalue weighted by Crippen LogP contribution is 2.31. The van der Waals surface area contributed by atoms with Gasteiger partial charge in [0.1, 0.15) is 0 Å². The first-order valence-corrected chi connectivity index (χ1v) is 5.33. The molecule has 0 unspecified atom stereocenters. The molecule has 0 fully saturated rings. The lowest BCUT2D eigenvalue weighted by Crippen LogP contribution is -2.20. The predicted octanol–water partition coefficient (Wildman–Crippen LogP) is 2.64. The number of nitrogens with zero attached hydrogens (tertiary/aromatic N) is 1. The second kappa shape index (κ2) is 6.18. The Balaban J connectivity index is 2.67. The second-order valence-electron chi connectivity index (χ2n) is 3.63. The largest absolute Gasteiger partial charge is 0.417 e. The number of carbonyl (C=O) groups excluding carboxylic acids is 1. The van der Waals surface area contributed by atoms with E-state index in [9.17, 15) is 18.0 Å². The van der Waals surface area contributed by atoms with Crippen LogP contribution in [0.4, 0.5) is 13.2 Å². The van der Waals surface area contributed by atoms with E-state index in [1.54, 1.807) is 6.08 Å². The van der Waals surface area contributed by atoms with Crippen LogP contribution in [0.25, 0.3) is 6.08 Å². The zero-order chi connectivity index (χ0) is 13.6. The summed E-state index contributed by atoms with van der Waals surface area (Å²) in [6.07, 6.45) is 1.28. The molecule has 0 saturated carbocycles. The lowest BCUT2D eigenvalue weighted by Gasteiger charge is -2.09. The minimum atomic E-state index is -4.39. The van der Waals surface area contributed by atoms with Crippen molar-refractivity contribution in [1.29, 1.82) is 0 Å². The number of nitrogens with one attached hydrogen (secondary N) is 1. The molecular weight excluding hydrogens is 245 g/mol. The van der Waals surface area contributed by atoms with E-state index in [0.717, 1.165) is 18.5 Å². The number of hydrogen-bond donors (Lipinski definition) is 1. The molecule has 0 aliphatic heterocycles. The normalized spacial score (nSPS) is 11.8. The van der Waals surface area contributed by atoms with Gasteiger partial charge in [0.15, 0.2) is 0 Å². The van der Waals surface area contributed by atoms with Gasteiger partial charge in [-0.25, -0.2) is 0 Å². The highest BCUT2D eigenvalue weighted by Gasteiger charge is 2.32. The number of aromatic nitrogens is 1. The molecule has 1 amide bonds. The summed E-state index contributed by atoms with van der Waals surface area (Å²) in [5.41, 5.74) is -0.693. The maximum Gasteiger partial charge on any atom is 0.417 e. The first-order chi connectivity index (χ1) is 8.41. The Bertz CT molecular complexity index is 441. The van der Waals surface area contributed by atoms with Crippen molar-refractivity contribution in [3.05, 3.63) is 35.7 Å². The Morgan fingerprint density at radius 3 is 2.83 bits per heavy atom. The third-order valence-corrected chi connectivity index (χ3v) is 2.14. The summed E-state index contributed by atoms with van der Waals surface area (Å²) >= 11 is 0. The van der Waals surface area contributed by atoms with Crippen molar-refractivity contribution in [2.24, 2.45) is 0 Å². The van der Waals surface area contributed by atoms with E-state index >= 15 is 0 Å². The molecule has 3 nitrogen and oxygen atoms in total. The summed E-state index contributed by atoms with van der Waals surface area (Å²) in [5, 5.41) is 2.55. The highest BCUT2D eigenvalue weighted by molar-refractivity contribution is 5.72. The van der Waals surface area contributed by atoms with Crippen LogP contribution in [0, 0.1) is 0 Å². The van der Waals surface area contributed by atoms with Gasteiger partial charge in [-0.15, -0.1) is 0 Å². The Hall–Kier alpha value is -1.85. The summed E-state index contributed by atoms with van der Waals surface area (Å²) in [6.45, 7) is 1.78. The summed E-state index contributed by atoms with van der Waals surface area (Å²) < 4.78 is 37.8. The van der Waals surface area contributed by atoms with Crippen LogP contribution >= 0.6 is 0 Å². The third kappa shape index (κ3) is 4.57. The van der Waals surface area contributed by atoms with Crippen LogP contribution in [0.2, 0.25) is 0 Å². The Labute approximate surface area is 103 Å². The van der Waals surface area contributed by atoms with Gasteiger partial charge in [-0.3, -0.25) is 9.78 Å². The van der Waals surface area contributed by atoms with Gasteiger partial charge in [0, 0.05) is 31.4 Å². The molecule has 0 saturated heterocycles. The Morgan fingerprint density at radius 1 is 1.50 bits per heavy atom. The Morgan fingerprint density at radius 2 is 2.22 bits per heavy atom. The smallest absolute Gasteiger partial charge is 0.356 e. The van der Waals surface area contributed by atoms with Crippen LogP contribution in [0.1, 0.15) is 24.5 Å². The fraction of sp³-hybridized carbons (Fsp3) is 0.333. The van der Waals surface area contributed by atoms with Gasteiger partial charge in [-0.05, 0) is 12.5 Å². The molecule has 0 aliphatic carbocycles. The molecule has 0 aromatic carbocycles. The first-order valence-electron chi connectivity index (χ1n) is 5.33. The number of carbonyl (C=O) groups is 1. The number of alkyl halides is 3. The van der Waals surface area contributed by atoms with Crippen molar-refractivity contribution in [2.45, 2.75) is 19.5 Å². The van der Waals surface area contributed by atoms with Crippen molar-refractivity contribution < 1.29 is 18.0 Å². The fourth-order valence-corrected chi connectivity index (χ4v) is 1.34. The topological polar surface area (TPSA) is 42.0 Å². The maximum atomic E-state index is 12.6. The van der Waals surface area contributed by atoms with Gasteiger partial charge in [-0.2, -0.15) is 13.2 Å². The Kier molecular flexibility index (Phi) is 4.88. The number of hydrogen-bond acceptors (Lipinski definition) is 2. The third-order valence-electron chi connectivity index (χ3n) is 2.14. The molecule has 1 aromatic heterocycles. The molecule has 1 rings (SSSR count). The zero-order valence-electron chi connectivity index (χ0n) is 9.79. The van der Waals surface area contributed by atoms with E-state index in [0.29, 0.717) is 13.0 Å². The van der Waals surface area contributed by atoms with E-state index in [1.165, 1.54) is 13.0 Å². The highest BCUT2D eigenvalue weighted by atomic mass is 19.4. The predicted molar refractivity (Wildman–Crippen MR) is 61.6 cm³/mol. The lowest BCUT2D eigenvalue weighted by molar-refractivity contribution is -0.137. The average Bonchev–Trinajstić information content (AvgIpc) is 2.27. The van der Waals surface area contributed by atoms with E-state index in [-0.39, 0.29) is 11.5 Å². The van der Waals surface area contributed by atoms with Crippen molar-refractivity contribution in [3.8, 4) is 0 Å². The van der Waals surface area contributed by atoms with E-state index in [2.05, 4.69) is 10.3 Å². The van der Waals surface area contributed by atoms with Crippen molar-refractivity contribution in [1.82, 2.24) is 10.3 Å². The molecule has 0 aliphatic rings. The van der Waals surface area contributed by atoms with Gasteiger partial charge in [0.2, 0.25) is 5.91 Å². The summed E-state index contributed by atoms with van der Waals surface area (Å²) in [7, 11) is 0. The minimum Gasteiger partial charge on any atom is -0.356 e. The molecule has 6 heteroatoms. The molecule has 0 atom stereocenters. The summed E-state index contributed by atoms with van der Waals surface area (Å²) in [6, 6.07) is 0.938. The van der Waals surface area contributed by atoms with Gasteiger partial charge in [0.25, 0.3) is 0 Å². The molecule has 98 valence electrons. The van der Waals surface area contributed by atoms with Crippen molar-refractivity contribution in [2.75, 3.05) is 6.54 Å². The standard InChI is InChI=1S/C12H13F3N2O/c1-9(18)17-6-3-2-4-10-8-16-7-5-11(10)12(13,14)15/h2,4-5,7-8H,3,6H2,1H3,(H,17,18). The average molecular weight is 258 g/mol. The molecular formula is C12H13F3N2O. The summed E-state index contributed by atoms with van der Waals surface area (Å²) in [4.78, 5) is 14.2. The number of rotatable bonds is 4. The molecule has 0 radical (unpaired) electrons. The monoisotopic (exact) mass is 258 g/mol. The van der Waals surface area contributed by atoms with Crippen LogP contribution in [0.5, 0.6) is 0 Å². The maximum absolute atomic E-state index is 12.6. The SMILES string of the molecule is CC(=O)NCCC=Cc1cnccc1C(F)(F)F. The second-order valence-corrected chi connectivity index (χ2v) is 3.63. The van der Waals surface area contributed by atoms with Gasteiger partial charge < -0.3 is 5.32 Å². The van der Waals surface area contributed by atoms with Crippen molar-refractivity contribution >= 4 is 12.0 Å². The van der Waals surface area contributed by atoms with E-state index < -0.39 is 11.7 Å². The van der Waals surface area contributed by atoms with Gasteiger partial charge in [-0.1, -0.05) is 12.2 Å². The lowest BCUT2D eigenvalue weighted by atomic mass is 10.1. The molecule has 1 aromatic rings. The summed E-state index contributed by atoms with van der Waals surface area (Å²) in [5.74, 6) is -0.166. The van der Waals surface area contributed by atoms with Gasteiger partial charge >= 0.3 is 6.18 Å². The number of amides is 1. The zero-order valence-corrected chi connectivity index (χ0v) is 9.79. The molecule has 18 heavy (non-hydrogen) atoms. The first kappa shape index (κ1) is 14.2. The van der Waals surface area contributed by atoms with E-state index in [4.69, 9.17) is 0 Å². The number of pyridine rings is 1. The molecule has 1 heterocycles. The van der Waals surface area contributed by atoms with E-state index in [1.807, 2.05) is 0 Å². The van der Waals surface area contributed by atoms with Crippen molar-refractivity contribution in [3.63, 3.8) is 0 Å². The van der Waals surface area contributed by atoms with Crippen LogP contribution < -0.4 is 5.32 Å². The van der Waals surface area contributed by atoms with Crippen LogP contribution in [-0.2, 0) is 11.0 Å². The van der Waals surface area contributed by atoms with Crippen LogP contribution in [0.3, 0.4) is 0 Å². The quantitative estimate of drug-likeness (QED) is 0.843. The van der Waals surface area contributed by atoms with Gasteiger partial charge in [0.05, 0.1) is 5.56 Å². The molecule has 0 bridgehead atoms. The number of halogens is 3. The fourth-order valence-electron chi connectivity index (χ4n) is 1.34. The van der Waals surface area contributed by atoms with Crippen LogP contribution in [0.15, 0.2) is 24.5 Å². The minimum absolute atomic E-state index is 0.0211.